The minimum Gasteiger partial charge on any atom is -0.336 e. The predicted octanol–water partition coefficient (Wildman–Crippen LogP) is 0.258. The molecule has 1 aliphatic rings. The van der Waals surface area contributed by atoms with Gasteiger partial charge in [-0.05, 0) is 6.54 Å². The van der Waals surface area contributed by atoms with E-state index in [2.05, 4.69) is 11.8 Å². The molecule has 4 heteroatoms. The second kappa shape index (κ2) is 5.36. The Bertz CT molecular complexity index is 383. The fourth-order valence-electron chi connectivity index (χ4n) is 2.08. The average molecular weight is 228 g/mol. The maximum absolute atomic E-state index is 12.2. The van der Waals surface area contributed by atoms with Crippen LogP contribution in [0.5, 0.6) is 0 Å². The topological polar surface area (TPSA) is 23.6 Å². The summed E-state index contributed by atoms with van der Waals surface area (Å²) in [5, 5.41) is 0. The van der Waals surface area contributed by atoms with Crippen molar-refractivity contribution < 1.29 is 4.79 Å². The summed E-state index contributed by atoms with van der Waals surface area (Å²) in [4.78, 5) is 16.4. The summed E-state index contributed by atoms with van der Waals surface area (Å²) in [5.41, 5.74) is 1.42. The summed E-state index contributed by atoms with van der Waals surface area (Å²) in [6, 6.07) is 7.14. The van der Waals surface area contributed by atoms with Crippen LogP contribution in [0.3, 0.4) is 0 Å². The Morgan fingerprint density at radius 2 is 1.76 bits per heavy atom. The molecule has 0 saturated carbocycles. The van der Waals surface area contributed by atoms with Gasteiger partial charge in [0, 0.05) is 31.7 Å². The molecule has 1 saturated heterocycles. The Hall–Kier alpha value is -1.29. The molecule has 1 aliphatic heterocycles. The van der Waals surface area contributed by atoms with Gasteiger partial charge >= 0.3 is 0 Å². The lowest BCUT2D eigenvalue weighted by Crippen LogP contribution is -2.48. The lowest BCUT2D eigenvalue weighted by molar-refractivity contribution is 0.0643. The molecule has 88 valence electrons. The van der Waals surface area contributed by atoms with E-state index in [4.69, 9.17) is 7.85 Å². The fourth-order valence-corrected chi connectivity index (χ4v) is 2.08. The van der Waals surface area contributed by atoms with E-state index in [1.807, 2.05) is 4.90 Å². The third-order valence-electron chi connectivity index (χ3n) is 3.26. The van der Waals surface area contributed by atoms with Crippen molar-refractivity contribution in [3.63, 3.8) is 0 Å². The third kappa shape index (κ3) is 2.89. The molecular formula is C13H17BN2O. The van der Waals surface area contributed by atoms with Crippen molar-refractivity contribution in [1.29, 1.82) is 0 Å². The molecule has 1 aromatic rings. The Morgan fingerprint density at radius 3 is 2.29 bits per heavy atom. The average Bonchev–Trinajstić information content (AvgIpc) is 2.39. The second-order valence-corrected chi connectivity index (χ2v) is 4.35. The van der Waals surface area contributed by atoms with Crippen molar-refractivity contribution in [2.75, 3.05) is 32.7 Å². The van der Waals surface area contributed by atoms with Crippen molar-refractivity contribution >= 4 is 19.2 Å². The van der Waals surface area contributed by atoms with Crippen LogP contribution < -0.4 is 5.46 Å². The van der Waals surface area contributed by atoms with Gasteiger partial charge in [-0.15, -0.1) is 0 Å². The number of amides is 1. The molecule has 2 radical (unpaired) electrons. The quantitative estimate of drug-likeness (QED) is 0.678. The first-order valence-electron chi connectivity index (χ1n) is 6.08. The van der Waals surface area contributed by atoms with E-state index in [-0.39, 0.29) is 5.91 Å². The fraction of sp³-hybridized carbons (Fsp3) is 0.462. The van der Waals surface area contributed by atoms with Gasteiger partial charge in [0.25, 0.3) is 5.91 Å². The van der Waals surface area contributed by atoms with Gasteiger partial charge in [0.05, 0.1) is 0 Å². The van der Waals surface area contributed by atoms with Gasteiger partial charge in [-0.3, -0.25) is 4.79 Å². The summed E-state index contributed by atoms with van der Waals surface area (Å²) < 4.78 is 0. The lowest BCUT2D eigenvalue weighted by atomic mass is 9.95. The molecule has 1 heterocycles. The van der Waals surface area contributed by atoms with Crippen LogP contribution in [0.2, 0.25) is 0 Å². The largest absolute Gasteiger partial charge is 0.336 e. The van der Waals surface area contributed by atoms with Crippen molar-refractivity contribution in [2.24, 2.45) is 0 Å². The molecule has 3 nitrogen and oxygen atoms in total. The molecule has 0 unspecified atom stereocenters. The van der Waals surface area contributed by atoms with Crippen LogP contribution >= 0.6 is 0 Å². The Morgan fingerprint density at radius 1 is 1.18 bits per heavy atom. The minimum atomic E-state index is 0.112. The molecule has 1 fully saturated rings. The van der Waals surface area contributed by atoms with Crippen molar-refractivity contribution in [3.8, 4) is 0 Å². The van der Waals surface area contributed by atoms with E-state index in [1.165, 1.54) is 0 Å². The summed E-state index contributed by atoms with van der Waals surface area (Å²) in [7, 11) is 5.61. The van der Waals surface area contributed by atoms with Crippen LogP contribution in [0.15, 0.2) is 24.3 Å². The molecule has 0 aromatic heterocycles. The van der Waals surface area contributed by atoms with E-state index in [9.17, 15) is 4.79 Å². The molecule has 0 spiro atoms. The zero-order valence-corrected chi connectivity index (χ0v) is 10.2. The van der Waals surface area contributed by atoms with Crippen LogP contribution in [0, 0.1) is 0 Å². The highest BCUT2D eigenvalue weighted by molar-refractivity contribution is 6.32. The van der Waals surface area contributed by atoms with Crippen LogP contribution in [0.25, 0.3) is 0 Å². The number of rotatable bonds is 2. The van der Waals surface area contributed by atoms with Crippen molar-refractivity contribution in [1.82, 2.24) is 9.80 Å². The summed E-state index contributed by atoms with van der Waals surface area (Å²) in [6.45, 7) is 6.78. The molecule has 1 amide bonds. The number of hydrogen-bond acceptors (Lipinski definition) is 2. The summed E-state index contributed by atoms with van der Waals surface area (Å²) >= 11 is 0. The Labute approximate surface area is 104 Å². The zero-order valence-electron chi connectivity index (χ0n) is 10.2. The maximum Gasteiger partial charge on any atom is 0.253 e. The van der Waals surface area contributed by atoms with Gasteiger partial charge in [-0.1, -0.05) is 36.7 Å². The minimum absolute atomic E-state index is 0.112. The zero-order chi connectivity index (χ0) is 12.3. The molecule has 0 N–H and O–H groups in total. The first-order chi connectivity index (χ1) is 8.20. The van der Waals surface area contributed by atoms with E-state index in [0.29, 0.717) is 5.46 Å². The number of carbonyl (C=O) groups excluding carboxylic acids is 1. The standard InChI is InChI=1S/C13H17BN2O/c1-2-15-7-9-16(10-8-15)13(17)11-3-5-12(14)6-4-11/h3-6H,2,7-10H2,1H3. The molecule has 0 bridgehead atoms. The molecule has 2 rings (SSSR count). The van der Waals surface area contributed by atoms with Crippen molar-refractivity contribution in [2.45, 2.75) is 6.92 Å². The number of hydrogen-bond donors (Lipinski definition) is 0. The molecule has 0 atom stereocenters. The highest BCUT2D eigenvalue weighted by Gasteiger charge is 2.20. The van der Waals surface area contributed by atoms with Crippen LogP contribution in [-0.4, -0.2) is 56.3 Å². The molecular weight excluding hydrogens is 211 g/mol. The molecule has 17 heavy (non-hydrogen) atoms. The predicted molar refractivity (Wildman–Crippen MR) is 69.8 cm³/mol. The first-order valence-corrected chi connectivity index (χ1v) is 6.08. The Balaban J connectivity index is 1.99. The second-order valence-electron chi connectivity index (χ2n) is 4.35. The van der Waals surface area contributed by atoms with Crippen molar-refractivity contribution in [3.05, 3.63) is 29.8 Å². The highest BCUT2D eigenvalue weighted by atomic mass is 16.2. The van der Waals surface area contributed by atoms with E-state index in [0.717, 1.165) is 38.3 Å². The SMILES string of the molecule is [B]c1ccc(C(=O)N2CCN(CC)CC2)cc1. The van der Waals surface area contributed by atoms with Gasteiger partial charge in [0.2, 0.25) is 0 Å². The van der Waals surface area contributed by atoms with E-state index in [1.54, 1.807) is 24.3 Å². The van der Waals surface area contributed by atoms with Gasteiger partial charge in [-0.25, -0.2) is 0 Å². The monoisotopic (exact) mass is 228 g/mol. The van der Waals surface area contributed by atoms with Gasteiger partial charge < -0.3 is 9.80 Å². The number of piperazine rings is 1. The smallest absolute Gasteiger partial charge is 0.253 e. The van der Waals surface area contributed by atoms with Crippen LogP contribution in [-0.2, 0) is 0 Å². The highest BCUT2D eigenvalue weighted by Crippen LogP contribution is 2.07. The number of benzene rings is 1. The van der Waals surface area contributed by atoms with Crippen LogP contribution in [0.4, 0.5) is 0 Å². The first kappa shape index (κ1) is 12.2. The number of likely N-dealkylation sites (N-methyl/N-ethyl adjacent to an activating group) is 1. The molecule has 1 aromatic carbocycles. The van der Waals surface area contributed by atoms with Gasteiger partial charge in [0.1, 0.15) is 7.85 Å². The van der Waals surface area contributed by atoms with E-state index < -0.39 is 0 Å². The number of nitrogens with zero attached hydrogens (tertiary/aromatic N) is 2. The summed E-state index contributed by atoms with van der Waals surface area (Å²) in [6.07, 6.45) is 0. The Kier molecular flexibility index (Phi) is 3.84. The van der Waals surface area contributed by atoms with Gasteiger partial charge in [-0.2, -0.15) is 0 Å². The lowest BCUT2D eigenvalue weighted by Gasteiger charge is -2.34. The normalized spacial score (nSPS) is 17.1. The molecule has 0 aliphatic carbocycles. The van der Waals surface area contributed by atoms with E-state index >= 15 is 0 Å². The summed E-state index contributed by atoms with van der Waals surface area (Å²) in [5.74, 6) is 0.112. The van der Waals surface area contributed by atoms with Gasteiger partial charge in [0.15, 0.2) is 0 Å². The van der Waals surface area contributed by atoms with Crippen LogP contribution in [0.1, 0.15) is 17.3 Å². The number of carbonyl (C=O) groups is 1. The third-order valence-corrected chi connectivity index (χ3v) is 3.26. The maximum atomic E-state index is 12.2.